The Morgan fingerprint density at radius 3 is 2.58 bits per heavy atom. The van der Waals surface area contributed by atoms with Gasteiger partial charge in [-0.2, -0.15) is 0 Å². The highest BCUT2D eigenvalue weighted by atomic mass is 32.2. The number of rotatable bonds is 6. The monoisotopic (exact) mass is 287 g/mol. The number of carbonyl (C=O) groups is 1. The van der Waals surface area contributed by atoms with Crippen molar-refractivity contribution in [1.82, 2.24) is 4.72 Å². The van der Waals surface area contributed by atoms with Crippen LogP contribution in [0.1, 0.15) is 30.6 Å². The van der Waals surface area contributed by atoms with E-state index in [-0.39, 0.29) is 22.3 Å². The lowest BCUT2D eigenvalue weighted by molar-refractivity contribution is 0.0693. The van der Waals surface area contributed by atoms with Gasteiger partial charge in [-0.3, -0.25) is 0 Å². The molecule has 2 N–H and O–H groups in total. The van der Waals surface area contributed by atoms with E-state index in [0.717, 1.165) is 6.07 Å². The number of ether oxygens (including phenoxy) is 1. The maximum Gasteiger partial charge on any atom is 0.339 e. The number of methoxy groups -OCH3 is 1. The molecule has 1 atom stereocenters. The first-order valence-corrected chi connectivity index (χ1v) is 7.23. The fraction of sp³-hybridized carbons (Fsp3) is 0.417. The highest BCUT2D eigenvalue weighted by molar-refractivity contribution is 7.89. The molecule has 1 rings (SSSR count). The second-order valence-corrected chi connectivity index (χ2v) is 5.81. The SMILES string of the molecule is CCC(C)NS(=O)(=O)c1ccc(OC)c(C(=O)O)c1. The molecule has 0 aliphatic heterocycles. The van der Waals surface area contributed by atoms with Gasteiger partial charge in [0.25, 0.3) is 0 Å². The summed E-state index contributed by atoms with van der Waals surface area (Å²) >= 11 is 0. The van der Waals surface area contributed by atoms with E-state index in [9.17, 15) is 13.2 Å². The Labute approximate surface area is 112 Å². The molecule has 0 aromatic heterocycles. The Kier molecular flexibility index (Phi) is 4.90. The number of carboxylic acid groups (broad SMARTS) is 1. The van der Waals surface area contributed by atoms with Gasteiger partial charge in [0.15, 0.2) is 0 Å². The number of aromatic carboxylic acids is 1. The van der Waals surface area contributed by atoms with E-state index in [0.29, 0.717) is 6.42 Å². The molecule has 1 aromatic rings. The topological polar surface area (TPSA) is 92.7 Å². The van der Waals surface area contributed by atoms with Crippen molar-refractivity contribution in [3.63, 3.8) is 0 Å². The standard InChI is InChI=1S/C12H17NO5S/c1-4-8(2)13-19(16,17)9-5-6-11(18-3)10(7-9)12(14)15/h5-8,13H,4H2,1-3H3,(H,14,15). The summed E-state index contributed by atoms with van der Waals surface area (Å²) in [4.78, 5) is 11.0. The van der Waals surface area contributed by atoms with Crippen molar-refractivity contribution >= 4 is 16.0 Å². The highest BCUT2D eigenvalue weighted by Crippen LogP contribution is 2.22. The van der Waals surface area contributed by atoms with Crippen molar-refractivity contribution in [3.05, 3.63) is 23.8 Å². The Morgan fingerprint density at radius 2 is 2.11 bits per heavy atom. The molecule has 1 unspecified atom stereocenters. The molecule has 0 aliphatic rings. The van der Waals surface area contributed by atoms with Crippen molar-refractivity contribution < 1.29 is 23.1 Å². The highest BCUT2D eigenvalue weighted by Gasteiger charge is 2.20. The number of benzene rings is 1. The Balaban J connectivity index is 3.22. The van der Waals surface area contributed by atoms with Crippen molar-refractivity contribution in [2.24, 2.45) is 0 Å². The van der Waals surface area contributed by atoms with E-state index in [2.05, 4.69) is 4.72 Å². The van der Waals surface area contributed by atoms with Crippen LogP contribution in [0, 0.1) is 0 Å². The second kappa shape index (κ2) is 6.03. The third-order valence-electron chi connectivity index (χ3n) is 2.68. The van der Waals surface area contributed by atoms with E-state index in [4.69, 9.17) is 9.84 Å². The van der Waals surface area contributed by atoms with Crippen molar-refractivity contribution in [2.45, 2.75) is 31.2 Å². The molecule has 0 spiro atoms. The number of carboxylic acids is 1. The minimum atomic E-state index is -3.72. The number of nitrogens with one attached hydrogen (secondary N) is 1. The van der Waals surface area contributed by atoms with Gasteiger partial charge in [-0.25, -0.2) is 17.9 Å². The zero-order valence-electron chi connectivity index (χ0n) is 11.0. The summed E-state index contributed by atoms with van der Waals surface area (Å²) in [6.07, 6.45) is 0.640. The quantitative estimate of drug-likeness (QED) is 0.826. The van der Waals surface area contributed by atoms with Gasteiger partial charge in [0, 0.05) is 6.04 Å². The molecule has 106 valence electrons. The normalized spacial score (nSPS) is 13.0. The summed E-state index contributed by atoms with van der Waals surface area (Å²) in [5.41, 5.74) is -0.186. The van der Waals surface area contributed by atoms with Gasteiger partial charge >= 0.3 is 5.97 Å². The Morgan fingerprint density at radius 1 is 1.47 bits per heavy atom. The summed E-state index contributed by atoms with van der Waals surface area (Å²) in [7, 11) is -2.39. The van der Waals surface area contributed by atoms with Crippen LogP contribution in [0.5, 0.6) is 5.75 Å². The van der Waals surface area contributed by atoms with Crippen molar-refractivity contribution in [1.29, 1.82) is 0 Å². The van der Waals surface area contributed by atoms with Gasteiger partial charge < -0.3 is 9.84 Å². The Hall–Kier alpha value is -1.60. The maximum absolute atomic E-state index is 12.0. The van der Waals surface area contributed by atoms with Crippen LogP contribution in [-0.2, 0) is 10.0 Å². The first kappa shape index (κ1) is 15.5. The van der Waals surface area contributed by atoms with Gasteiger partial charge in [-0.15, -0.1) is 0 Å². The van der Waals surface area contributed by atoms with Crippen molar-refractivity contribution in [2.75, 3.05) is 7.11 Å². The molecular weight excluding hydrogens is 270 g/mol. The summed E-state index contributed by atoms with van der Waals surface area (Å²) < 4.78 is 31.4. The lowest BCUT2D eigenvalue weighted by Gasteiger charge is -2.13. The molecular formula is C12H17NO5S. The van der Waals surface area contributed by atoms with Crippen LogP contribution in [-0.4, -0.2) is 32.6 Å². The summed E-state index contributed by atoms with van der Waals surface area (Å²) in [6, 6.07) is 3.51. The van der Waals surface area contributed by atoms with Crippen LogP contribution in [0.4, 0.5) is 0 Å². The molecule has 0 saturated carbocycles. The van der Waals surface area contributed by atoms with Crippen LogP contribution < -0.4 is 9.46 Å². The molecule has 0 heterocycles. The first-order valence-electron chi connectivity index (χ1n) is 5.75. The van der Waals surface area contributed by atoms with E-state index < -0.39 is 16.0 Å². The largest absolute Gasteiger partial charge is 0.496 e. The van der Waals surface area contributed by atoms with Crippen LogP contribution in [0.25, 0.3) is 0 Å². The first-order chi connectivity index (χ1) is 8.81. The summed E-state index contributed by atoms with van der Waals surface area (Å²) in [5.74, 6) is -1.12. The van der Waals surface area contributed by atoms with E-state index in [1.807, 2.05) is 6.92 Å². The minimum Gasteiger partial charge on any atom is -0.496 e. The summed E-state index contributed by atoms with van der Waals surface area (Å²) in [6.45, 7) is 3.59. The van der Waals surface area contributed by atoms with Crippen LogP contribution >= 0.6 is 0 Å². The predicted molar refractivity (Wildman–Crippen MR) is 70.0 cm³/mol. The zero-order valence-corrected chi connectivity index (χ0v) is 11.8. The number of hydrogen-bond acceptors (Lipinski definition) is 4. The molecule has 19 heavy (non-hydrogen) atoms. The molecule has 0 bridgehead atoms. The lowest BCUT2D eigenvalue weighted by Crippen LogP contribution is -2.32. The molecule has 0 fully saturated rings. The molecule has 0 amide bonds. The van der Waals surface area contributed by atoms with Gasteiger partial charge in [-0.1, -0.05) is 6.92 Å². The zero-order chi connectivity index (χ0) is 14.6. The fourth-order valence-electron chi connectivity index (χ4n) is 1.44. The van der Waals surface area contributed by atoms with Crippen LogP contribution in [0.3, 0.4) is 0 Å². The van der Waals surface area contributed by atoms with E-state index >= 15 is 0 Å². The van der Waals surface area contributed by atoms with Gasteiger partial charge in [0.05, 0.1) is 12.0 Å². The molecule has 7 heteroatoms. The van der Waals surface area contributed by atoms with E-state index in [1.165, 1.54) is 19.2 Å². The van der Waals surface area contributed by atoms with Gasteiger partial charge in [0.2, 0.25) is 10.0 Å². The third-order valence-corrected chi connectivity index (χ3v) is 4.27. The van der Waals surface area contributed by atoms with Gasteiger partial charge in [0.1, 0.15) is 11.3 Å². The molecule has 0 radical (unpaired) electrons. The lowest BCUT2D eigenvalue weighted by atomic mass is 10.2. The van der Waals surface area contributed by atoms with Gasteiger partial charge in [-0.05, 0) is 31.5 Å². The van der Waals surface area contributed by atoms with E-state index in [1.54, 1.807) is 6.92 Å². The van der Waals surface area contributed by atoms with Crippen LogP contribution in [0.2, 0.25) is 0 Å². The predicted octanol–water partition coefficient (Wildman–Crippen LogP) is 1.47. The summed E-state index contributed by atoms with van der Waals surface area (Å²) in [5, 5.41) is 9.02. The minimum absolute atomic E-state index is 0.0917. The van der Waals surface area contributed by atoms with Crippen LogP contribution in [0.15, 0.2) is 23.1 Å². The third kappa shape index (κ3) is 3.68. The van der Waals surface area contributed by atoms with Crippen molar-refractivity contribution in [3.8, 4) is 5.75 Å². The average molecular weight is 287 g/mol. The molecule has 6 nitrogen and oxygen atoms in total. The molecule has 1 aromatic carbocycles. The molecule has 0 aliphatic carbocycles. The smallest absolute Gasteiger partial charge is 0.339 e. The molecule has 0 saturated heterocycles. The maximum atomic E-state index is 12.0. The number of hydrogen-bond donors (Lipinski definition) is 2. The number of sulfonamides is 1. The Bertz CT molecular complexity index is 567. The second-order valence-electron chi connectivity index (χ2n) is 4.10. The average Bonchev–Trinajstić information content (AvgIpc) is 2.37. The fourth-order valence-corrected chi connectivity index (χ4v) is 2.79.